The summed E-state index contributed by atoms with van der Waals surface area (Å²) in [5.74, 6) is 1.36. The number of Topliss-reactive ketones (excluding diaryl/α,β-unsaturated/α-hetero) is 1. The van der Waals surface area contributed by atoms with Crippen LogP contribution in [0.15, 0.2) is 36.4 Å². The molecule has 0 N–H and O–H groups in total. The van der Waals surface area contributed by atoms with Crippen LogP contribution in [0.4, 0.5) is 0 Å². The van der Waals surface area contributed by atoms with Gasteiger partial charge in [-0.25, -0.2) is 0 Å². The fourth-order valence-electron chi connectivity index (χ4n) is 3.54. The summed E-state index contributed by atoms with van der Waals surface area (Å²) in [6, 6.07) is 12.4. The Morgan fingerprint density at radius 2 is 2.05 bits per heavy atom. The predicted molar refractivity (Wildman–Crippen MR) is 86.2 cm³/mol. The van der Waals surface area contributed by atoms with Crippen molar-refractivity contribution in [3.63, 3.8) is 0 Å². The number of aromatic nitrogens is 1. The molecule has 3 rings (SSSR count). The second-order valence-corrected chi connectivity index (χ2v) is 6.29. The molecule has 2 heteroatoms. The zero-order valence-corrected chi connectivity index (χ0v) is 12.7. The second kappa shape index (κ2) is 6.38. The van der Waals surface area contributed by atoms with Crippen molar-refractivity contribution in [2.24, 2.45) is 11.8 Å². The Balaban J connectivity index is 1.75. The zero-order valence-electron chi connectivity index (χ0n) is 12.7. The molecule has 21 heavy (non-hydrogen) atoms. The molecule has 1 saturated carbocycles. The molecule has 1 aliphatic carbocycles. The molecule has 2 nitrogen and oxygen atoms in total. The summed E-state index contributed by atoms with van der Waals surface area (Å²) >= 11 is 0. The highest BCUT2D eigenvalue weighted by atomic mass is 16.1. The van der Waals surface area contributed by atoms with Gasteiger partial charge in [-0.15, -0.1) is 0 Å². The first kappa shape index (κ1) is 14.2. The van der Waals surface area contributed by atoms with Gasteiger partial charge in [-0.05, 0) is 37.3 Å². The Hall–Kier alpha value is -1.70. The lowest BCUT2D eigenvalue weighted by atomic mass is 9.77. The van der Waals surface area contributed by atoms with Crippen molar-refractivity contribution in [2.75, 3.05) is 0 Å². The van der Waals surface area contributed by atoms with Crippen LogP contribution in [0, 0.1) is 11.8 Å². The van der Waals surface area contributed by atoms with Gasteiger partial charge in [0, 0.05) is 23.4 Å². The molecule has 1 aliphatic rings. The molecule has 1 aromatic heterocycles. The summed E-state index contributed by atoms with van der Waals surface area (Å²) in [5, 5.41) is 1.17. The van der Waals surface area contributed by atoms with E-state index in [4.69, 9.17) is 4.98 Å². The van der Waals surface area contributed by atoms with Gasteiger partial charge < -0.3 is 0 Å². The van der Waals surface area contributed by atoms with Crippen LogP contribution >= 0.6 is 0 Å². The zero-order chi connectivity index (χ0) is 14.7. The number of carbonyl (C=O) groups is 1. The molecule has 0 spiro atoms. The van der Waals surface area contributed by atoms with Crippen molar-refractivity contribution in [3.8, 4) is 0 Å². The SMILES string of the molecule is CCCC1CCC(=O)C(Cc2ccc3ccccc3n2)C1. The van der Waals surface area contributed by atoms with E-state index in [1.165, 1.54) is 18.2 Å². The number of fused-ring (bicyclic) bond motifs is 1. The lowest BCUT2D eigenvalue weighted by molar-refractivity contribution is -0.125. The summed E-state index contributed by atoms with van der Waals surface area (Å²) in [6.45, 7) is 2.23. The van der Waals surface area contributed by atoms with Crippen LogP contribution in [0.1, 0.15) is 44.7 Å². The molecule has 2 unspecified atom stereocenters. The second-order valence-electron chi connectivity index (χ2n) is 6.29. The summed E-state index contributed by atoms with van der Waals surface area (Å²) in [6.07, 6.45) is 6.21. The average Bonchev–Trinajstić information content (AvgIpc) is 2.51. The van der Waals surface area contributed by atoms with E-state index in [1.54, 1.807) is 0 Å². The molecule has 0 amide bonds. The number of benzene rings is 1. The van der Waals surface area contributed by atoms with Crippen molar-refractivity contribution in [2.45, 2.75) is 45.4 Å². The maximum absolute atomic E-state index is 12.2. The van der Waals surface area contributed by atoms with Gasteiger partial charge in [-0.1, -0.05) is 44.0 Å². The lowest BCUT2D eigenvalue weighted by Gasteiger charge is -2.27. The van der Waals surface area contributed by atoms with E-state index in [0.29, 0.717) is 5.78 Å². The van der Waals surface area contributed by atoms with Gasteiger partial charge in [0.15, 0.2) is 0 Å². The smallest absolute Gasteiger partial charge is 0.136 e. The van der Waals surface area contributed by atoms with Gasteiger partial charge in [0.25, 0.3) is 0 Å². The Morgan fingerprint density at radius 3 is 2.90 bits per heavy atom. The molecule has 1 fully saturated rings. The molecule has 1 heterocycles. The third kappa shape index (κ3) is 3.31. The van der Waals surface area contributed by atoms with Gasteiger partial charge >= 0.3 is 0 Å². The highest BCUT2D eigenvalue weighted by Crippen LogP contribution is 2.31. The van der Waals surface area contributed by atoms with Crippen LogP contribution < -0.4 is 0 Å². The van der Waals surface area contributed by atoms with Gasteiger partial charge in [0.05, 0.1) is 5.52 Å². The number of carbonyl (C=O) groups excluding carboxylic acids is 1. The first-order valence-corrected chi connectivity index (χ1v) is 8.13. The molecule has 2 aromatic rings. The van der Waals surface area contributed by atoms with E-state index in [0.717, 1.165) is 42.8 Å². The van der Waals surface area contributed by atoms with E-state index in [9.17, 15) is 4.79 Å². The van der Waals surface area contributed by atoms with E-state index in [-0.39, 0.29) is 5.92 Å². The molecule has 0 bridgehead atoms. The number of pyridine rings is 1. The lowest BCUT2D eigenvalue weighted by Crippen LogP contribution is -2.26. The number of hydrogen-bond acceptors (Lipinski definition) is 2. The maximum atomic E-state index is 12.2. The van der Waals surface area contributed by atoms with Crippen LogP contribution in [0.25, 0.3) is 10.9 Å². The highest BCUT2D eigenvalue weighted by Gasteiger charge is 2.28. The van der Waals surface area contributed by atoms with Crippen LogP contribution in [-0.4, -0.2) is 10.8 Å². The highest BCUT2D eigenvalue weighted by molar-refractivity contribution is 5.82. The fraction of sp³-hybridized carbons (Fsp3) is 0.474. The van der Waals surface area contributed by atoms with Gasteiger partial charge in [-0.3, -0.25) is 9.78 Å². The van der Waals surface area contributed by atoms with E-state index < -0.39 is 0 Å². The van der Waals surface area contributed by atoms with Crippen molar-refractivity contribution >= 4 is 16.7 Å². The third-order valence-electron chi connectivity index (χ3n) is 4.68. The number of para-hydroxylation sites is 1. The molecule has 0 saturated heterocycles. The molecule has 110 valence electrons. The third-order valence-corrected chi connectivity index (χ3v) is 4.68. The molecular weight excluding hydrogens is 258 g/mol. The minimum Gasteiger partial charge on any atom is -0.299 e. The number of hydrogen-bond donors (Lipinski definition) is 0. The Bertz CT molecular complexity index is 634. The molecule has 0 radical (unpaired) electrons. The molecule has 2 atom stereocenters. The molecular formula is C19H23NO. The summed E-state index contributed by atoms with van der Waals surface area (Å²) < 4.78 is 0. The number of rotatable bonds is 4. The number of ketones is 1. The first-order chi connectivity index (χ1) is 10.3. The van der Waals surface area contributed by atoms with Crippen molar-refractivity contribution < 1.29 is 4.79 Å². The van der Waals surface area contributed by atoms with Crippen LogP contribution in [0.3, 0.4) is 0 Å². The normalized spacial score (nSPS) is 22.6. The Morgan fingerprint density at radius 1 is 1.19 bits per heavy atom. The summed E-state index contributed by atoms with van der Waals surface area (Å²) in [4.78, 5) is 16.9. The monoisotopic (exact) mass is 281 g/mol. The number of nitrogens with zero attached hydrogens (tertiary/aromatic N) is 1. The van der Waals surface area contributed by atoms with E-state index >= 15 is 0 Å². The molecule has 1 aromatic carbocycles. The Kier molecular flexibility index (Phi) is 4.33. The van der Waals surface area contributed by atoms with Gasteiger partial charge in [0.2, 0.25) is 0 Å². The van der Waals surface area contributed by atoms with Crippen LogP contribution in [0.5, 0.6) is 0 Å². The Labute approximate surface area is 126 Å². The quantitative estimate of drug-likeness (QED) is 0.822. The van der Waals surface area contributed by atoms with Crippen molar-refractivity contribution in [3.05, 3.63) is 42.1 Å². The average molecular weight is 281 g/mol. The first-order valence-electron chi connectivity index (χ1n) is 8.13. The predicted octanol–water partition coefficient (Wildman–Crippen LogP) is 4.56. The molecule has 0 aliphatic heterocycles. The van der Waals surface area contributed by atoms with Gasteiger partial charge in [-0.2, -0.15) is 0 Å². The summed E-state index contributed by atoms with van der Waals surface area (Å²) in [7, 11) is 0. The minimum atomic E-state index is 0.184. The van der Waals surface area contributed by atoms with E-state index in [2.05, 4.69) is 25.1 Å². The topological polar surface area (TPSA) is 30.0 Å². The minimum absolute atomic E-state index is 0.184. The van der Waals surface area contributed by atoms with Crippen LogP contribution in [0.2, 0.25) is 0 Å². The largest absolute Gasteiger partial charge is 0.299 e. The maximum Gasteiger partial charge on any atom is 0.136 e. The fourth-order valence-corrected chi connectivity index (χ4v) is 3.54. The van der Waals surface area contributed by atoms with Crippen LogP contribution in [-0.2, 0) is 11.2 Å². The summed E-state index contributed by atoms with van der Waals surface area (Å²) in [5.41, 5.74) is 2.09. The van der Waals surface area contributed by atoms with E-state index in [1.807, 2.05) is 18.2 Å². The van der Waals surface area contributed by atoms with Gasteiger partial charge in [0.1, 0.15) is 5.78 Å². The standard InChI is InChI=1S/C19H23NO/c1-2-5-14-8-11-19(21)16(12-14)13-17-10-9-15-6-3-4-7-18(15)20-17/h3-4,6-7,9-10,14,16H,2,5,8,11-13H2,1H3. The van der Waals surface area contributed by atoms with Crippen molar-refractivity contribution in [1.29, 1.82) is 0 Å². The van der Waals surface area contributed by atoms with Crippen molar-refractivity contribution in [1.82, 2.24) is 4.98 Å².